The van der Waals surface area contributed by atoms with Crippen LogP contribution < -0.4 is 0 Å². The van der Waals surface area contributed by atoms with E-state index in [0.29, 0.717) is 17.5 Å². The highest BCUT2D eigenvalue weighted by Crippen LogP contribution is 2.28. The van der Waals surface area contributed by atoms with Gasteiger partial charge in [-0.1, -0.05) is 97.1 Å². The summed E-state index contributed by atoms with van der Waals surface area (Å²) in [6, 6.07) is 37.1. The van der Waals surface area contributed by atoms with Crippen LogP contribution in [0.5, 0.6) is 0 Å². The summed E-state index contributed by atoms with van der Waals surface area (Å²) in [4.78, 5) is 15.6. The topological polar surface area (TPSA) is 38.7 Å². The van der Waals surface area contributed by atoms with Crippen LogP contribution in [0.25, 0.3) is 45.3 Å². The van der Waals surface area contributed by atoms with Crippen LogP contribution in [0.4, 0.5) is 0 Å². The van der Waals surface area contributed by atoms with Crippen molar-refractivity contribution in [2.75, 3.05) is 6.26 Å². The van der Waals surface area contributed by atoms with Gasteiger partial charge in [-0.15, -0.1) is 11.8 Å². The van der Waals surface area contributed by atoms with Gasteiger partial charge in [-0.05, 0) is 29.5 Å². The summed E-state index contributed by atoms with van der Waals surface area (Å²) in [5.74, 6) is 2.02. The molecule has 4 aromatic carbocycles. The predicted octanol–water partition coefficient (Wildman–Crippen LogP) is 7.26. The van der Waals surface area contributed by atoms with Crippen LogP contribution in [-0.2, 0) is 0 Å². The van der Waals surface area contributed by atoms with Gasteiger partial charge >= 0.3 is 0 Å². The molecule has 0 aliphatic rings. The molecule has 0 amide bonds. The van der Waals surface area contributed by atoms with Crippen LogP contribution >= 0.6 is 11.8 Å². The third kappa shape index (κ3) is 4.32. The molecule has 1 heterocycles. The Balaban J connectivity index is 1.61. The summed E-state index contributed by atoms with van der Waals surface area (Å²) in [7, 11) is 0. The molecule has 0 fully saturated rings. The maximum absolute atomic E-state index is 4.85. The molecule has 3 nitrogen and oxygen atoms in total. The van der Waals surface area contributed by atoms with E-state index in [2.05, 4.69) is 66.9 Å². The minimum atomic E-state index is 0.669. The van der Waals surface area contributed by atoms with Crippen molar-refractivity contribution in [1.82, 2.24) is 15.0 Å². The molecule has 0 atom stereocenters. The van der Waals surface area contributed by atoms with Gasteiger partial charge in [0.25, 0.3) is 0 Å². The largest absolute Gasteiger partial charge is 0.208 e. The molecular weight excluding hydrogens is 410 g/mol. The van der Waals surface area contributed by atoms with Gasteiger partial charge in [0.05, 0.1) is 0 Å². The predicted molar refractivity (Wildman–Crippen MR) is 133 cm³/mol. The highest BCUT2D eigenvalue weighted by molar-refractivity contribution is 7.98. The minimum Gasteiger partial charge on any atom is -0.208 e. The average molecular weight is 432 g/mol. The Morgan fingerprint density at radius 3 is 1.47 bits per heavy atom. The Morgan fingerprint density at radius 1 is 0.438 bits per heavy atom. The number of hydrogen-bond donors (Lipinski definition) is 0. The van der Waals surface area contributed by atoms with Gasteiger partial charge in [-0.25, -0.2) is 15.0 Å². The monoisotopic (exact) mass is 431 g/mol. The maximum atomic E-state index is 4.85. The molecule has 4 heteroatoms. The van der Waals surface area contributed by atoms with Gasteiger partial charge in [-0.2, -0.15) is 0 Å². The first-order valence-corrected chi connectivity index (χ1v) is 11.6. The standard InChI is InChI=1S/C28H21N3S/c1-32-25-14-8-13-24(19-25)28-30-26(22-11-6-3-7-12-22)29-27(31-28)23-17-15-21(16-18-23)20-9-4-2-5-10-20/h2-19H,1H3. The Labute approximate surface area is 192 Å². The molecule has 1 aromatic heterocycles. The number of thioether (sulfide) groups is 1. The van der Waals surface area contributed by atoms with E-state index in [1.807, 2.05) is 48.5 Å². The van der Waals surface area contributed by atoms with E-state index < -0.39 is 0 Å². The molecule has 5 rings (SSSR count). The van der Waals surface area contributed by atoms with Gasteiger partial charge in [0.1, 0.15) is 0 Å². The highest BCUT2D eigenvalue weighted by atomic mass is 32.2. The van der Waals surface area contributed by atoms with Crippen LogP contribution in [0.1, 0.15) is 0 Å². The first-order valence-electron chi connectivity index (χ1n) is 10.4. The smallest absolute Gasteiger partial charge is 0.164 e. The second kappa shape index (κ2) is 9.16. The van der Waals surface area contributed by atoms with E-state index >= 15 is 0 Å². The summed E-state index contributed by atoms with van der Waals surface area (Å²) in [5.41, 5.74) is 5.28. The zero-order chi connectivity index (χ0) is 21.8. The first kappa shape index (κ1) is 20.2. The number of nitrogens with zero attached hydrogens (tertiary/aromatic N) is 3. The third-order valence-corrected chi connectivity index (χ3v) is 5.97. The Hall–Kier alpha value is -3.76. The summed E-state index contributed by atoms with van der Waals surface area (Å²) < 4.78 is 0. The Morgan fingerprint density at radius 2 is 0.875 bits per heavy atom. The van der Waals surface area contributed by atoms with Gasteiger partial charge in [0, 0.05) is 21.6 Å². The zero-order valence-electron chi connectivity index (χ0n) is 17.6. The quantitative estimate of drug-likeness (QED) is 0.274. The van der Waals surface area contributed by atoms with Crippen LogP contribution in [-0.4, -0.2) is 21.2 Å². The molecule has 0 radical (unpaired) electrons. The molecule has 32 heavy (non-hydrogen) atoms. The minimum absolute atomic E-state index is 0.669. The van der Waals surface area contributed by atoms with Crippen LogP contribution in [0.15, 0.2) is 114 Å². The van der Waals surface area contributed by atoms with Crippen molar-refractivity contribution < 1.29 is 0 Å². The van der Waals surface area contributed by atoms with Crippen molar-refractivity contribution in [3.63, 3.8) is 0 Å². The molecule has 0 saturated heterocycles. The van der Waals surface area contributed by atoms with Crippen molar-refractivity contribution in [3.05, 3.63) is 109 Å². The van der Waals surface area contributed by atoms with Crippen LogP contribution in [0, 0.1) is 0 Å². The second-order valence-corrected chi connectivity index (χ2v) is 8.23. The van der Waals surface area contributed by atoms with Gasteiger partial charge in [0.15, 0.2) is 17.5 Å². The lowest BCUT2D eigenvalue weighted by atomic mass is 10.0. The van der Waals surface area contributed by atoms with Crippen molar-refractivity contribution in [2.45, 2.75) is 4.90 Å². The molecule has 0 bridgehead atoms. The lowest BCUT2D eigenvalue weighted by molar-refractivity contribution is 1.07. The molecule has 0 saturated carbocycles. The van der Waals surface area contributed by atoms with Gasteiger partial charge < -0.3 is 0 Å². The lowest BCUT2D eigenvalue weighted by Crippen LogP contribution is -2.00. The van der Waals surface area contributed by atoms with E-state index in [1.54, 1.807) is 11.8 Å². The normalized spacial score (nSPS) is 10.8. The number of benzene rings is 4. The van der Waals surface area contributed by atoms with E-state index in [0.717, 1.165) is 16.7 Å². The summed E-state index contributed by atoms with van der Waals surface area (Å²) in [6.45, 7) is 0. The van der Waals surface area contributed by atoms with Crippen molar-refractivity contribution in [3.8, 4) is 45.3 Å². The maximum Gasteiger partial charge on any atom is 0.164 e. The second-order valence-electron chi connectivity index (χ2n) is 7.35. The van der Waals surface area contributed by atoms with Crippen LogP contribution in [0.3, 0.4) is 0 Å². The first-order chi connectivity index (χ1) is 15.8. The molecule has 0 aliphatic heterocycles. The third-order valence-electron chi connectivity index (χ3n) is 5.25. The molecular formula is C28H21N3S. The molecule has 5 aromatic rings. The Kier molecular flexibility index (Phi) is 5.77. The van der Waals surface area contributed by atoms with Crippen molar-refractivity contribution in [1.29, 1.82) is 0 Å². The molecule has 0 aliphatic carbocycles. The summed E-state index contributed by atoms with van der Waals surface area (Å²) in [6.07, 6.45) is 2.07. The van der Waals surface area contributed by atoms with Crippen LogP contribution in [0.2, 0.25) is 0 Å². The van der Waals surface area contributed by atoms with E-state index in [1.165, 1.54) is 16.0 Å². The van der Waals surface area contributed by atoms with E-state index in [-0.39, 0.29) is 0 Å². The summed E-state index contributed by atoms with van der Waals surface area (Å²) in [5, 5.41) is 0. The van der Waals surface area contributed by atoms with Crippen molar-refractivity contribution in [2.24, 2.45) is 0 Å². The highest BCUT2D eigenvalue weighted by Gasteiger charge is 2.12. The fraction of sp³-hybridized carbons (Fsp3) is 0.0357. The van der Waals surface area contributed by atoms with Gasteiger partial charge in [-0.3, -0.25) is 0 Å². The number of rotatable bonds is 5. The molecule has 154 valence electrons. The van der Waals surface area contributed by atoms with Crippen molar-refractivity contribution >= 4 is 11.8 Å². The number of aromatic nitrogens is 3. The Bertz CT molecular complexity index is 1330. The van der Waals surface area contributed by atoms with Gasteiger partial charge in [0.2, 0.25) is 0 Å². The molecule has 0 unspecified atom stereocenters. The average Bonchev–Trinajstić information content (AvgIpc) is 2.89. The lowest BCUT2D eigenvalue weighted by Gasteiger charge is -2.09. The summed E-state index contributed by atoms with van der Waals surface area (Å²) >= 11 is 1.71. The number of hydrogen-bond acceptors (Lipinski definition) is 4. The molecule has 0 spiro atoms. The molecule has 0 N–H and O–H groups in total. The zero-order valence-corrected chi connectivity index (χ0v) is 18.5. The van der Waals surface area contributed by atoms with E-state index in [9.17, 15) is 0 Å². The van der Waals surface area contributed by atoms with E-state index in [4.69, 9.17) is 15.0 Å². The SMILES string of the molecule is CSc1cccc(-c2nc(-c3ccccc3)nc(-c3ccc(-c4ccccc4)cc3)n2)c1. The fourth-order valence-corrected chi connectivity index (χ4v) is 4.01. The fourth-order valence-electron chi connectivity index (χ4n) is 3.55.